The van der Waals surface area contributed by atoms with Crippen LogP contribution in [0.2, 0.25) is 0 Å². The number of nitrogens with zero attached hydrogens (tertiary/aromatic N) is 1. The topological polar surface area (TPSA) is 76.4 Å². The number of aromatic nitrogens is 1. The molecule has 0 spiro atoms. The van der Waals surface area contributed by atoms with E-state index in [1.54, 1.807) is 13.0 Å². The van der Waals surface area contributed by atoms with E-state index < -0.39 is 15.8 Å². The predicted molar refractivity (Wildman–Crippen MR) is 67.6 cm³/mol. The first-order valence-corrected chi connectivity index (χ1v) is 7.73. The fourth-order valence-electron chi connectivity index (χ4n) is 2.57. The number of hydrogen-bond acceptors (Lipinski definition) is 3. The number of hydrogen-bond donors (Lipinski definition) is 1. The maximum absolute atomic E-state index is 11.4. The summed E-state index contributed by atoms with van der Waals surface area (Å²) in [7, 11) is -2.88. The Bertz CT molecular complexity index is 585. The van der Waals surface area contributed by atoms with Gasteiger partial charge in [-0.3, -0.25) is 0 Å². The van der Waals surface area contributed by atoms with E-state index >= 15 is 0 Å². The van der Waals surface area contributed by atoms with Crippen LogP contribution in [0.3, 0.4) is 0 Å². The predicted octanol–water partition coefficient (Wildman–Crippen LogP) is 1.24. The van der Waals surface area contributed by atoms with Crippen LogP contribution in [0.5, 0.6) is 0 Å². The molecular formula is C12H17NO4S. The molecule has 0 amide bonds. The van der Waals surface area contributed by atoms with E-state index in [2.05, 4.69) is 0 Å². The van der Waals surface area contributed by atoms with E-state index in [1.165, 1.54) is 0 Å². The molecule has 1 fully saturated rings. The van der Waals surface area contributed by atoms with Gasteiger partial charge in [-0.1, -0.05) is 0 Å². The Kier molecular flexibility index (Phi) is 3.23. The summed E-state index contributed by atoms with van der Waals surface area (Å²) in [6.45, 7) is 4.20. The van der Waals surface area contributed by atoms with Gasteiger partial charge in [-0.15, -0.1) is 0 Å². The molecule has 2 rings (SSSR count). The molecule has 0 bridgehead atoms. The van der Waals surface area contributed by atoms with Crippen LogP contribution in [0.15, 0.2) is 6.07 Å². The third kappa shape index (κ3) is 2.43. The average Bonchev–Trinajstić information content (AvgIpc) is 2.72. The lowest BCUT2D eigenvalue weighted by molar-refractivity contribution is 0.0696. The SMILES string of the molecule is Cc1cc(C(=O)O)c(C)n1CC1CCS(=O)(=O)C1. The normalized spacial score (nSPS) is 22.2. The highest BCUT2D eigenvalue weighted by Gasteiger charge is 2.29. The van der Waals surface area contributed by atoms with Gasteiger partial charge in [0.25, 0.3) is 0 Å². The van der Waals surface area contributed by atoms with Gasteiger partial charge >= 0.3 is 5.97 Å². The Labute approximate surface area is 106 Å². The van der Waals surface area contributed by atoms with Crippen molar-refractivity contribution in [2.45, 2.75) is 26.8 Å². The molecule has 6 heteroatoms. The van der Waals surface area contributed by atoms with Crippen LogP contribution in [0.25, 0.3) is 0 Å². The highest BCUT2D eigenvalue weighted by Crippen LogP contribution is 2.23. The van der Waals surface area contributed by atoms with Gasteiger partial charge < -0.3 is 9.67 Å². The number of sulfone groups is 1. The van der Waals surface area contributed by atoms with Crippen LogP contribution in [0.4, 0.5) is 0 Å². The van der Waals surface area contributed by atoms with Crippen LogP contribution in [-0.4, -0.2) is 35.6 Å². The number of carbonyl (C=O) groups is 1. The second kappa shape index (κ2) is 4.42. The number of carboxylic acid groups (broad SMARTS) is 1. The second-order valence-electron chi connectivity index (χ2n) is 4.97. The Hall–Kier alpha value is -1.30. The summed E-state index contributed by atoms with van der Waals surface area (Å²) in [5.41, 5.74) is 1.87. The average molecular weight is 271 g/mol. The van der Waals surface area contributed by atoms with Crippen LogP contribution in [-0.2, 0) is 16.4 Å². The molecule has 1 unspecified atom stereocenters. The van der Waals surface area contributed by atoms with Gasteiger partial charge in [0.1, 0.15) is 0 Å². The number of rotatable bonds is 3. The largest absolute Gasteiger partial charge is 0.478 e. The zero-order chi connectivity index (χ0) is 13.5. The Morgan fingerprint density at radius 2 is 2.17 bits per heavy atom. The van der Waals surface area contributed by atoms with Crippen molar-refractivity contribution in [1.29, 1.82) is 0 Å². The van der Waals surface area contributed by atoms with Crippen molar-refractivity contribution in [3.8, 4) is 0 Å². The van der Waals surface area contributed by atoms with Gasteiger partial charge in [-0.2, -0.15) is 0 Å². The van der Waals surface area contributed by atoms with Crippen LogP contribution in [0, 0.1) is 19.8 Å². The minimum atomic E-state index is -2.88. The van der Waals surface area contributed by atoms with Crippen molar-refractivity contribution in [1.82, 2.24) is 4.57 Å². The molecule has 18 heavy (non-hydrogen) atoms. The molecule has 0 radical (unpaired) electrons. The quantitative estimate of drug-likeness (QED) is 0.897. The van der Waals surface area contributed by atoms with Crippen molar-refractivity contribution < 1.29 is 18.3 Å². The zero-order valence-corrected chi connectivity index (χ0v) is 11.3. The van der Waals surface area contributed by atoms with E-state index in [4.69, 9.17) is 5.11 Å². The first-order chi connectivity index (χ1) is 8.30. The Morgan fingerprint density at radius 1 is 1.50 bits per heavy atom. The molecular weight excluding hydrogens is 254 g/mol. The Morgan fingerprint density at radius 3 is 2.61 bits per heavy atom. The lowest BCUT2D eigenvalue weighted by Crippen LogP contribution is -2.15. The van der Waals surface area contributed by atoms with Crippen LogP contribution < -0.4 is 0 Å². The molecule has 5 nitrogen and oxygen atoms in total. The number of aryl methyl sites for hydroxylation is 1. The van der Waals surface area contributed by atoms with Crippen LogP contribution >= 0.6 is 0 Å². The van der Waals surface area contributed by atoms with Gasteiger partial charge in [0.15, 0.2) is 9.84 Å². The number of carboxylic acids is 1. The van der Waals surface area contributed by atoms with Crippen LogP contribution in [0.1, 0.15) is 28.2 Å². The summed E-state index contributed by atoms with van der Waals surface area (Å²) in [6, 6.07) is 1.64. The fraction of sp³-hybridized carbons (Fsp3) is 0.583. The van der Waals surface area contributed by atoms with Crippen molar-refractivity contribution in [2.24, 2.45) is 5.92 Å². The van der Waals surface area contributed by atoms with Crippen molar-refractivity contribution in [3.05, 3.63) is 23.0 Å². The van der Waals surface area contributed by atoms with E-state index in [-0.39, 0.29) is 17.4 Å². The summed E-state index contributed by atoms with van der Waals surface area (Å²) < 4.78 is 24.7. The summed E-state index contributed by atoms with van der Waals surface area (Å²) in [5, 5.41) is 9.04. The maximum Gasteiger partial charge on any atom is 0.337 e. The molecule has 1 aromatic heterocycles. The standard InChI is InChI=1S/C12H17NO4S/c1-8-5-11(12(14)15)9(2)13(8)6-10-3-4-18(16,17)7-10/h5,10H,3-4,6-7H2,1-2H3,(H,14,15). The molecule has 1 saturated heterocycles. The molecule has 2 heterocycles. The molecule has 0 aromatic carbocycles. The molecule has 0 aliphatic carbocycles. The Balaban J connectivity index is 2.23. The summed E-state index contributed by atoms with van der Waals surface area (Å²) in [5.74, 6) is -0.371. The highest BCUT2D eigenvalue weighted by molar-refractivity contribution is 7.91. The third-order valence-corrected chi connectivity index (χ3v) is 5.41. The molecule has 0 saturated carbocycles. The molecule has 1 aliphatic rings. The smallest absolute Gasteiger partial charge is 0.337 e. The van der Waals surface area contributed by atoms with E-state index in [9.17, 15) is 13.2 Å². The van der Waals surface area contributed by atoms with Crippen molar-refractivity contribution in [2.75, 3.05) is 11.5 Å². The maximum atomic E-state index is 11.4. The monoisotopic (exact) mass is 271 g/mol. The minimum Gasteiger partial charge on any atom is -0.478 e. The van der Waals surface area contributed by atoms with E-state index in [0.29, 0.717) is 24.2 Å². The zero-order valence-electron chi connectivity index (χ0n) is 10.5. The number of aromatic carboxylic acids is 1. The van der Waals surface area contributed by atoms with Gasteiger partial charge in [0.2, 0.25) is 0 Å². The summed E-state index contributed by atoms with van der Waals surface area (Å²) in [4.78, 5) is 11.0. The van der Waals surface area contributed by atoms with Gasteiger partial charge in [0.05, 0.1) is 17.1 Å². The molecule has 1 N–H and O–H groups in total. The first-order valence-electron chi connectivity index (χ1n) is 5.90. The lowest BCUT2D eigenvalue weighted by Gasteiger charge is -2.13. The fourth-order valence-corrected chi connectivity index (χ4v) is 4.42. The van der Waals surface area contributed by atoms with E-state index in [1.807, 2.05) is 11.5 Å². The molecule has 1 aromatic rings. The van der Waals surface area contributed by atoms with E-state index in [0.717, 1.165) is 5.69 Å². The third-order valence-electron chi connectivity index (χ3n) is 3.57. The first kappa shape index (κ1) is 13.1. The minimum absolute atomic E-state index is 0.0986. The van der Waals surface area contributed by atoms with Gasteiger partial charge in [-0.25, -0.2) is 13.2 Å². The molecule has 1 aliphatic heterocycles. The summed E-state index contributed by atoms with van der Waals surface area (Å²) >= 11 is 0. The summed E-state index contributed by atoms with van der Waals surface area (Å²) in [6.07, 6.45) is 0.668. The molecule has 1 atom stereocenters. The molecule has 100 valence electrons. The second-order valence-corrected chi connectivity index (χ2v) is 7.20. The van der Waals surface area contributed by atoms with Crippen molar-refractivity contribution >= 4 is 15.8 Å². The highest BCUT2D eigenvalue weighted by atomic mass is 32.2. The lowest BCUT2D eigenvalue weighted by atomic mass is 10.1. The van der Waals surface area contributed by atoms with Crippen molar-refractivity contribution in [3.63, 3.8) is 0 Å². The van der Waals surface area contributed by atoms with Gasteiger partial charge in [0, 0.05) is 17.9 Å². The van der Waals surface area contributed by atoms with Gasteiger partial charge in [-0.05, 0) is 32.3 Å².